The van der Waals surface area contributed by atoms with Gasteiger partial charge in [0.15, 0.2) is 6.61 Å². The van der Waals surface area contributed by atoms with Crippen LogP contribution in [-0.2, 0) is 23.9 Å². The lowest BCUT2D eigenvalue weighted by atomic mass is 9.81. The number of nitrogens with one attached hydrogen (secondary N) is 1. The number of nitrogens with two attached hydrogens (primary N) is 1. The van der Waals surface area contributed by atoms with Crippen molar-refractivity contribution in [1.82, 2.24) is 4.90 Å². The maximum atomic E-state index is 12.5. The smallest absolute Gasteiger partial charge is 0.329 e. The van der Waals surface area contributed by atoms with Gasteiger partial charge in [0, 0.05) is 11.3 Å². The van der Waals surface area contributed by atoms with Gasteiger partial charge in [-0.3, -0.25) is 24.1 Å². The summed E-state index contributed by atoms with van der Waals surface area (Å²) in [5.74, 6) is -3.35. The van der Waals surface area contributed by atoms with Crippen molar-refractivity contribution >= 4 is 35.3 Å². The number of amides is 4. The van der Waals surface area contributed by atoms with Crippen LogP contribution in [0.2, 0.25) is 0 Å². The number of rotatable bonds is 6. The van der Waals surface area contributed by atoms with E-state index in [0.717, 1.165) is 17.7 Å². The van der Waals surface area contributed by atoms with Gasteiger partial charge in [0.2, 0.25) is 17.7 Å². The fourth-order valence-electron chi connectivity index (χ4n) is 3.85. The summed E-state index contributed by atoms with van der Waals surface area (Å²) in [6.07, 6.45) is 3.11. The maximum Gasteiger partial charge on any atom is 0.329 e. The molecule has 3 atom stereocenters. The van der Waals surface area contributed by atoms with Crippen LogP contribution in [0.1, 0.15) is 43.0 Å². The van der Waals surface area contributed by atoms with Crippen LogP contribution in [0.3, 0.4) is 0 Å². The number of fused-ring (bicyclic) bond motifs is 1. The molecule has 0 bridgehead atoms. The number of carbonyl (C=O) groups is 5. The average Bonchev–Trinajstić information content (AvgIpc) is 2.96. The lowest BCUT2D eigenvalue weighted by Crippen LogP contribution is -2.45. The molecule has 1 saturated carbocycles. The summed E-state index contributed by atoms with van der Waals surface area (Å²) in [6, 6.07) is 4.81. The van der Waals surface area contributed by atoms with E-state index in [1.807, 2.05) is 0 Å². The van der Waals surface area contributed by atoms with Gasteiger partial charge in [-0.1, -0.05) is 12.8 Å². The van der Waals surface area contributed by atoms with E-state index in [1.54, 1.807) is 0 Å². The zero-order valence-corrected chi connectivity index (χ0v) is 16.1. The molecule has 1 aliphatic carbocycles. The van der Waals surface area contributed by atoms with Crippen molar-refractivity contribution in [3.05, 3.63) is 29.8 Å². The van der Waals surface area contributed by atoms with Gasteiger partial charge in [0.05, 0.1) is 11.8 Å². The number of hydrogen-bond acceptors (Lipinski definition) is 6. The Kier molecular flexibility index (Phi) is 5.95. The predicted octanol–water partition coefficient (Wildman–Crippen LogP) is 0.831. The summed E-state index contributed by atoms with van der Waals surface area (Å²) < 4.78 is 4.99. The van der Waals surface area contributed by atoms with Crippen LogP contribution in [0.5, 0.6) is 0 Å². The monoisotopic (exact) mass is 401 g/mol. The van der Waals surface area contributed by atoms with Crippen molar-refractivity contribution in [3.63, 3.8) is 0 Å². The molecule has 1 aromatic carbocycles. The largest absolute Gasteiger partial charge is 0.454 e. The standard InChI is InChI=1S/C20H23N3O6/c1-11(23-18(26)14-4-2-3-5-15(14)19(23)27)20(28)29-10-16(24)22-13-8-6-12(7-9-13)17(21)25/h6-9,11,14-15H,2-5,10H2,1H3,(H2,21,25)(H,22,24)/t11-,14+,15+/m0/s1. The Hall–Kier alpha value is -3.23. The van der Waals surface area contributed by atoms with Gasteiger partial charge in [-0.2, -0.15) is 0 Å². The molecule has 0 radical (unpaired) electrons. The minimum Gasteiger partial charge on any atom is -0.454 e. The molecular weight excluding hydrogens is 378 g/mol. The first-order valence-electron chi connectivity index (χ1n) is 9.53. The second kappa shape index (κ2) is 8.42. The van der Waals surface area contributed by atoms with Gasteiger partial charge in [0.25, 0.3) is 5.91 Å². The van der Waals surface area contributed by atoms with Crippen molar-refractivity contribution in [3.8, 4) is 0 Å². The first-order valence-corrected chi connectivity index (χ1v) is 9.53. The molecule has 1 aliphatic heterocycles. The summed E-state index contributed by atoms with van der Waals surface area (Å²) in [7, 11) is 0. The summed E-state index contributed by atoms with van der Waals surface area (Å²) >= 11 is 0. The van der Waals surface area contributed by atoms with Crippen LogP contribution in [-0.4, -0.2) is 47.1 Å². The highest BCUT2D eigenvalue weighted by molar-refractivity contribution is 6.08. The number of ether oxygens (including phenoxy) is 1. The minimum atomic E-state index is -1.08. The number of anilines is 1. The van der Waals surface area contributed by atoms with Gasteiger partial charge in [-0.05, 0) is 44.0 Å². The molecule has 1 aromatic rings. The molecule has 3 rings (SSSR count). The molecule has 0 spiro atoms. The van der Waals surface area contributed by atoms with E-state index in [0.29, 0.717) is 24.1 Å². The van der Waals surface area contributed by atoms with Gasteiger partial charge in [-0.25, -0.2) is 4.79 Å². The SMILES string of the molecule is C[C@@H](C(=O)OCC(=O)Nc1ccc(C(N)=O)cc1)N1C(=O)[C@@H]2CCCC[C@H]2C1=O. The Morgan fingerprint density at radius 1 is 1.10 bits per heavy atom. The Morgan fingerprint density at radius 3 is 2.17 bits per heavy atom. The molecule has 1 saturated heterocycles. The lowest BCUT2D eigenvalue weighted by molar-refractivity contribution is -0.159. The van der Waals surface area contributed by atoms with Crippen LogP contribution in [0.25, 0.3) is 0 Å². The van der Waals surface area contributed by atoms with Gasteiger partial charge in [0.1, 0.15) is 6.04 Å². The van der Waals surface area contributed by atoms with E-state index in [9.17, 15) is 24.0 Å². The molecule has 154 valence electrons. The van der Waals surface area contributed by atoms with E-state index in [1.165, 1.54) is 31.2 Å². The third-order valence-corrected chi connectivity index (χ3v) is 5.40. The first kappa shape index (κ1) is 20.5. The predicted molar refractivity (Wildman–Crippen MR) is 101 cm³/mol. The minimum absolute atomic E-state index is 0.295. The van der Waals surface area contributed by atoms with Crippen LogP contribution < -0.4 is 11.1 Å². The summed E-state index contributed by atoms with van der Waals surface area (Å²) in [5.41, 5.74) is 5.84. The topological polar surface area (TPSA) is 136 Å². The molecule has 0 unspecified atom stereocenters. The molecule has 0 aromatic heterocycles. The van der Waals surface area contributed by atoms with Gasteiger partial charge in [-0.15, -0.1) is 0 Å². The normalized spacial score (nSPS) is 22.0. The zero-order valence-electron chi connectivity index (χ0n) is 16.1. The number of esters is 1. The Bertz CT molecular complexity index is 826. The molecule has 3 N–H and O–H groups in total. The van der Waals surface area contributed by atoms with E-state index in [-0.39, 0.29) is 23.7 Å². The molecule has 9 heteroatoms. The van der Waals surface area contributed by atoms with Crippen LogP contribution in [0.15, 0.2) is 24.3 Å². The summed E-state index contributed by atoms with van der Waals surface area (Å²) in [5, 5.41) is 2.51. The number of nitrogens with zero attached hydrogens (tertiary/aromatic N) is 1. The molecule has 1 heterocycles. The third-order valence-electron chi connectivity index (χ3n) is 5.40. The summed E-state index contributed by atoms with van der Waals surface area (Å²) in [6.45, 7) is 0.861. The Labute approximate surface area is 167 Å². The van der Waals surface area contributed by atoms with Crippen molar-refractivity contribution in [2.24, 2.45) is 17.6 Å². The van der Waals surface area contributed by atoms with Crippen LogP contribution >= 0.6 is 0 Å². The number of benzene rings is 1. The van der Waals surface area contributed by atoms with Crippen molar-refractivity contribution in [2.75, 3.05) is 11.9 Å². The van der Waals surface area contributed by atoms with Crippen molar-refractivity contribution in [1.29, 1.82) is 0 Å². The van der Waals surface area contributed by atoms with Crippen LogP contribution in [0.4, 0.5) is 5.69 Å². The molecule has 29 heavy (non-hydrogen) atoms. The number of carbonyl (C=O) groups excluding carboxylic acids is 5. The second-order valence-corrected chi connectivity index (χ2v) is 7.32. The Morgan fingerprint density at radius 2 is 1.66 bits per heavy atom. The Balaban J connectivity index is 1.53. The second-order valence-electron chi connectivity index (χ2n) is 7.32. The molecule has 2 aliphatic rings. The maximum absolute atomic E-state index is 12.5. The highest BCUT2D eigenvalue weighted by Gasteiger charge is 2.51. The van der Waals surface area contributed by atoms with E-state index < -0.39 is 30.4 Å². The quantitative estimate of drug-likeness (QED) is 0.535. The number of imide groups is 1. The summed E-state index contributed by atoms with van der Waals surface area (Å²) in [4.78, 5) is 61.4. The molecule has 4 amide bonds. The highest BCUT2D eigenvalue weighted by Crippen LogP contribution is 2.38. The van der Waals surface area contributed by atoms with Crippen molar-refractivity contribution in [2.45, 2.75) is 38.6 Å². The highest BCUT2D eigenvalue weighted by atomic mass is 16.5. The zero-order chi connectivity index (χ0) is 21.1. The molecule has 9 nitrogen and oxygen atoms in total. The van der Waals surface area contributed by atoms with Gasteiger partial charge < -0.3 is 15.8 Å². The fraction of sp³-hybridized carbons (Fsp3) is 0.450. The van der Waals surface area contributed by atoms with Crippen molar-refractivity contribution < 1.29 is 28.7 Å². The molecule has 2 fully saturated rings. The first-order chi connectivity index (χ1) is 13.8. The van der Waals surface area contributed by atoms with E-state index in [4.69, 9.17) is 10.5 Å². The number of hydrogen-bond donors (Lipinski definition) is 2. The molecular formula is C20H23N3O6. The van der Waals surface area contributed by atoms with Gasteiger partial charge >= 0.3 is 5.97 Å². The third kappa shape index (κ3) is 4.28. The van der Waals surface area contributed by atoms with Crippen LogP contribution in [0, 0.1) is 11.8 Å². The number of likely N-dealkylation sites (tertiary alicyclic amines) is 1. The van der Waals surface area contributed by atoms with E-state index >= 15 is 0 Å². The lowest BCUT2D eigenvalue weighted by Gasteiger charge is -2.21. The fourth-order valence-corrected chi connectivity index (χ4v) is 3.85. The average molecular weight is 401 g/mol. The number of primary amides is 1. The van der Waals surface area contributed by atoms with E-state index in [2.05, 4.69) is 5.32 Å².